The zero-order chi connectivity index (χ0) is 22.4. The SMILES string of the molecule is CCC1CC2CCCC(C(=O)NCCCCN3CCN(c4cccc(SF)n4)CC3)(C1)C2. The van der Waals surface area contributed by atoms with Crippen molar-refractivity contribution in [2.24, 2.45) is 17.3 Å². The van der Waals surface area contributed by atoms with E-state index in [0.717, 1.165) is 89.0 Å². The number of nitrogens with one attached hydrogen (secondary N) is 1. The first kappa shape index (κ1) is 23.8. The molecule has 3 unspecified atom stereocenters. The molecule has 3 fully saturated rings. The molecule has 1 amide bonds. The van der Waals surface area contributed by atoms with Crippen molar-refractivity contribution >= 4 is 23.9 Å². The van der Waals surface area contributed by atoms with Gasteiger partial charge in [-0.05, 0) is 69.0 Å². The first-order chi connectivity index (χ1) is 15.6. The third kappa shape index (κ3) is 5.77. The Kier molecular flexibility index (Phi) is 8.32. The number of halogens is 1. The molecule has 1 aliphatic heterocycles. The lowest BCUT2D eigenvalue weighted by molar-refractivity contribution is -0.138. The summed E-state index contributed by atoms with van der Waals surface area (Å²) in [6.45, 7) is 8.02. The van der Waals surface area contributed by atoms with Gasteiger partial charge < -0.3 is 10.2 Å². The molecule has 3 aliphatic rings. The maximum absolute atomic E-state index is 13.1. The van der Waals surface area contributed by atoms with Crippen molar-refractivity contribution in [2.75, 3.05) is 44.2 Å². The van der Waals surface area contributed by atoms with Crippen molar-refractivity contribution in [3.05, 3.63) is 18.2 Å². The lowest BCUT2D eigenvalue weighted by atomic mass is 9.58. The number of nitrogens with zero attached hydrogens (tertiary/aromatic N) is 3. The highest BCUT2D eigenvalue weighted by Gasteiger charge is 2.47. The van der Waals surface area contributed by atoms with Crippen molar-refractivity contribution in [2.45, 2.75) is 69.7 Å². The van der Waals surface area contributed by atoms with Gasteiger partial charge in [-0.2, -0.15) is 3.89 Å². The molecule has 0 radical (unpaired) electrons. The van der Waals surface area contributed by atoms with Crippen molar-refractivity contribution in [1.29, 1.82) is 0 Å². The standard InChI is InChI=1S/C25H39FN4OS/c1-2-20-17-21-7-6-10-25(18-20,19-21)24(31)27-11-3-4-12-29-13-15-30(16-14-29)22-8-5-9-23(28-22)32-26/h5,8-9,20-21H,2-4,6-7,10-19H2,1H3,(H,27,31). The zero-order valence-corrected chi connectivity index (χ0v) is 20.3. The quantitative estimate of drug-likeness (QED) is 0.519. The van der Waals surface area contributed by atoms with Crippen LogP contribution in [0.2, 0.25) is 0 Å². The van der Waals surface area contributed by atoms with Gasteiger partial charge in [0.2, 0.25) is 5.91 Å². The average molecular weight is 463 g/mol. The van der Waals surface area contributed by atoms with Gasteiger partial charge in [-0.3, -0.25) is 9.69 Å². The van der Waals surface area contributed by atoms with Gasteiger partial charge in [-0.15, -0.1) is 0 Å². The number of piperazine rings is 1. The van der Waals surface area contributed by atoms with Gasteiger partial charge in [0.15, 0.2) is 0 Å². The second-order valence-electron chi connectivity index (χ2n) is 10.2. The molecule has 0 spiro atoms. The zero-order valence-electron chi connectivity index (χ0n) is 19.5. The minimum Gasteiger partial charge on any atom is -0.356 e. The Balaban J connectivity index is 1.14. The van der Waals surface area contributed by atoms with Crippen molar-refractivity contribution < 1.29 is 8.68 Å². The van der Waals surface area contributed by atoms with E-state index in [2.05, 4.69) is 27.0 Å². The number of anilines is 1. The lowest BCUT2D eigenvalue weighted by Crippen LogP contribution is -2.48. The highest BCUT2D eigenvalue weighted by Crippen LogP contribution is 2.51. The molecule has 1 N–H and O–H groups in total. The summed E-state index contributed by atoms with van der Waals surface area (Å²) in [5.41, 5.74) is -0.0653. The lowest BCUT2D eigenvalue weighted by Gasteiger charge is -2.47. The first-order valence-corrected chi connectivity index (χ1v) is 13.3. The number of aromatic nitrogens is 1. The van der Waals surface area contributed by atoms with Gasteiger partial charge >= 0.3 is 0 Å². The van der Waals surface area contributed by atoms with Crippen LogP contribution in [0.3, 0.4) is 0 Å². The Morgan fingerprint density at radius 2 is 2.09 bits per heavy atom. The summed E-state index contributed by atoms with van der Waals surface area (Å²) >= 11 is 0.202. The summed E-state index contributed by atoms with van der Waals surface area (Å²) in [5, 5.41) is 3.74. The molecule has 1 saturated heterocycles. The Bertz CT molecular complexity index is 757. The van der Waals surface area contributed by atoms with Crippen LogP contribution in [0.15, 0.2) is 23.2 Å². The molecule has 7 heteroatoms. The van der Waals surface area contributed by atoms with Crippen LogP contribution in [0, 0.1) is 17.3 Å². The van der Waals surface area contributed by atoms with Gasteiger partial charge in [0.25, 0.3) is 0 Å². The molecule has 2 aliphatic carbocycles. The number of unbranched alkanes of at least 4 members (excludes halogenated alkanes) is 1. The van der Waals surface area contributed by atoms with E-state index in [1.165, 1.54) is 25.7 Å². The van der Waals surface area contributed by atoms with Crippen LogP contribution < -0.4 is 10.2 Å². The molecule has 2 bridgehead atoms. The third-order valence-corrected chi connectivity index (χ3v) is 8.41. The van der Waals surface area contributed by atoms with E-state index in [1.54, 1.807) is 6.07 Å². The second-order valence-corrected chi connectivity index (χ2v) is 10.7. The molecule has 178 valence electrons. The van der Waals surface area contributed by atoms with E-state index in [1.807, 2.05) is 12.1 Å². The third-order valence-electron chi connectivity index (χ3n) is 8.02. The predicted molar refractivity (Wildman–Crippen MR) is 130 cm³/mol. The van der Waals surface area contributed by atoms with E-state index in [4.69, 9.17) is 0 Å². The molecule has 32 heavy (non-hydrogen) atoms. The minimum absolute atomic E-state index is 0.0653. The van der Waals surface area contributed by atoms with Crippen LogP contribution >= 0.6 is 12.1 Å². The largest absolute Gasteiger partial charge is 0.356 e. The smallest absolute Gasteiger partial charge is 0.226 e. The van der Waals surface area contributed by atoms with E-state index < -0.39 is 0 Å². The summed E-state index contributed by atoms with van der Waals surface area (Å²) in [7, 11) is 0. The van der Waals surface area contributed by atoms with Gasteiger partial charge in [-0.25, -0.2) is 4.98 Å². The van der Waals surface area contributed by atoms with Gasteiger partial charge in [-0.1, -0.05) is 32.3 Å². The average Bonchev–Trinajstić information content (AvgIpc) is 2.83. The normalized spacial score (nSPS) is 28.5. The van der Waals surface area contributed by atoms with E-state index in [9.17, 15) is 8.68 Å². The number of carbonyl (C=O) groups excluding carboxylic acids is 1. The highest BCUT2D eigenvalue weighted by molar-refractivity contribution is 7.94. The maximum atomic E-state index is 13.1. The van der Waals surface area contributed by atoms with Crippen LogP contribution in [0.5, 0.6) is 0 Å². The Labute approximate surface area is 197 Å². The summed E-state index contributed by atoms with van der Waals surface area (Å²) in [5.74, 6) is 2.73. The van der Waals surface area contributed by atoms with Crippen LogP contribution in [0.1, 0.15) is 64.7 Å². The van der Waals surface area contributed by atoms with Crippen molar-refractivity contribution in [1.82, 2.24) is 15.2 Å². The Morgan fingerprint density at radius 3 is 2.88 bits per heavy atom. The fourth-order valence-corrected chi connectivity index (χ4v) is 6.52. The molecular weight excluding hydrogens is 423 g/mol. The molecule has 1 aromatic rings. The maximum Gasteiger partial charge on any atom is 0.226 e. The molecule has 2 saturated carbocycles. The molecule has 0 aromatic carbocycles. The van der Waals surface area contributed by atoms with Crippen molar-refractivity contribution in [3.63, 3.8) is 0 Å². The minimum atomic E-state index is -0.0653. The first-order valence-electron chi connectivity index (χ1n) is 12.6. The number of hydrogen-bond acceptors (Lipinski definition) is 5. The summed E-state index contributed by atoms with van der Waals surface area (Å²) in [4.78, 5) is 22.2. The molecule has 5 nitrogen and oxygen atoms in total. The van der Waals surface area contributed by atoms with Crippen LogP contribution in [0.25, 0.3) is 0 Å². The predicted octanol–water partition coefficient (Wildman–Crippen LogP) is 5.07. The Hall–Kier alpha value is -1.34. The number of pyridine rings is 1. The number of carbonyl (C=O) groups is 1. The number of rotatable bonds is 9. The van der Waals surface area contributed by atoms with Crippen LogP contribution in [0.4, 0.5) is 9.70 Å². The van der Waals surface area contributed by atoms with Gasteiger partial charge in [0.05, 0.1) is 0 Å². The van der Waals surface area contributed by atoms with E-state index in [-0.39, 0.29) is 17.6 Å². The topological polar surface area (TPSA) is 48.5 Å². The highest BCUT2D eigenvalue weighted by atomic mass is 32.2. The number of amides is 1. The Morgan fingerprint density at radius 1 is 1.25 bits per heavy atom. The monoisotopic (exact) mass is 462 g/mol. The molecular formula is C25H39FN4OS. The van der Waals surface area contributed by atoms with E-state index >= 15 is 0 Å². The fraction of sp³-hybridized carbons (Fsp3) is 0.760. The van der Waals surface area contributed by atoms with E-state index in [0.29, 0.717) is 10.9 Å². The number of hydrogen-bond donors (Lipinski definition) is 1. The molecule has 3 atom stereocenters. The fourth-order valence-electron chi connectivity index (χ4n) is 6.26. The molecule has 1 aromatic heterocycles. The molecule has 4 rings (SSSR count). The summed E-state index contributed by atoms with van der Waals surface area (Å²) in [6.07, 6.45) is 10.6. The summed E-state index contributed by atoms with van der Waals surface area (Å²) < 4.78 is 12.8. The van der Waals surface area contributed by atoms with Gasteiger partial charge in [0.1, 0.15) is 23.0 Å². The molecule has 2 heterocycles. The van der Waals surface area contributed by atoms with Crippen LogP contribution in [-0.2, 0) is 4.79 Å². The summed E-state index contributed by atoms with van der Waals surface area (Å²) in [6, 6.07) is 5.53. The van der Waals surface area contributed by atoms with Crippen molar-refractivity contribution in [3.8, 4) is 0 Å². The van der Waals surface area contributed by atoms with Gasteiger partial charge in [0, 0.05) is 38.1 Å². The number of fused-ring (bicyclic) bond motifs is 2. The second kappa shape index (κ2) is 11.2. The van der Waals surface area contributed by atoms with Crippen LogP contribution in [-0.4, -0.2) is 55.1 Å².